The molecule has 130 valence electrons. The van der Waals surface area contributed by atoms with Crippen LogP contribution in [0.4, 0.5) is 24.5 Å². The number of alkyl halides is 3. The molecule has 2 N–H and O–H groups in total. The molecule has 0 aliphatic rings. The average molecular weight is 353 g/mol. The summed E-state index contributed by atoms with van der Waals surface area (Å²) in [5.41, 5.74) is -2.21. The number of pyridine rings is 1. The van der Waals surface area contributed by atoms with Crippen molar-refractivity contribution in [2.24, 2.45) is 0 Å². The highest BCUT2D eigenvalue weighted by Gasteiger charge is 2.31. The Labute approximate surface area is 138 Å². The van der Waals surface area contributed by atoms with Gasteiger partial charge in [0, 0.05) is 24.4 Å². The predicted octanol–water partition coefficient (Wildman–Crippen LogP) is 2.95. The van der Waals surface area contributed by atoms with Crippen molar-refractivity contribution in [3.05, 3.63) is 74.2 Å². The minimum Gasteiger partial charge on any atom is -0.327 e. The molecule has 1 aromatic carbocycles. The second-order valence-corrected chi connectivity index (χ2v) is 4.80. The standard InChI is InChI=1S/C15H10F3N3O4/c16-15(17,18)10-7-12(14(23)19-8-10)20-13(22)6-3-9-1-4-11(5-2-9)21(24)25/h1-8H,(H,19,23)(H,20,22)/b6-3+. The van der Waals surface area contributed by atoms with Crippen LogP contribution in [-0.2, 0) is 11.0 Å². The SMILES string of the molecule is O=C(/C=C/c1ccc([N+](=O)[O-])cc1)Nc1cc(C(F)(F)F)c[nH]c1=O. The van der Waals surface area contributed by atoms with Crippen LogP contribution >= 0.6 is 0 Å². The molecule has 0 fully saturated rings. The normalized spacial score (nSPS) is 11.5. The van der Waals surface area contributed by atoms with Gasteiger partial charge in [-0.05, 0) is 29.8 Å². The van der Waals surface area contributed by atoms with E-state index in [0.717, 1.165) is 6.08 Å². The van der Waals surface area contributed by atoms with Crippen LogP contribution in [0.3, 0.4) is 0 Å². The fraction of sp³-hybridized carbons (Fsp3) is 0.0667. The van der Waals surface area contributed by atoms with Crippen LogP contribution in [0.15, 0.2) is 47.4 Å². The summed E-state index contributed by atoms with van der Waals surface area (Å²) >= 11 is 0. The van der Waals surface area contributed by atoms with Gasteiger partial charge in [0.2, 0.25) is 5.91 Å². The number of nitrogens with zero attached hydrogens (tertiary/aromatic N) is 1. The van der Waals surface area contributed by atoms with Crippen LogP contribution in [0.2, 0.25) is 0 Å². The first-order chi connectivity index (χ1) is 11.7. The number of benzene rings is 1. The monoisotopic (exact) mass is 353 g/mol. The maximum atomic E-state index is 12.6. The van der Waals surface area contributed by atoms with E-state index in [1.807, 2.05) is 10.3 Å². The van der Waals surface area contributed by atoms with Crippen LogP contribution in [0.25, 0.3) is 6.08 Å². The summed E-state index contributed by atoms with van der Waals surface area (Å²) in [4.78, 5) is 35.0. The number of carbonyl (C=O) groups excluding carboxylic acids is 1. The number of non-ortho nitro benzene ring substituents is 1. The molecule has 2 aromatic rings. The second-order valence-electron chi connectivity index (χ2n) is 4.80. The number of aromatic amines is 1. The number of rotatable bonds is 4. The Morgan fingerprint density at radius 2 is 1.88 bits per heavy atom. The highest BCUT2D eigenvalue weighted by molar-refractivity contribution is 6.01. The molecule has 7 nitrogen and oxygen atoms in total. The molecule has 2 rings (SSSR count). The zero-order valence-electron chi connectivity index (χ0n) is 12.3. The number of hydrogen-bond donors (Lipinski definition) is 2. The quantitative estimate of drug-likeness (QED) is 0.501. The summed E-state index contributed by atoms with van der Waals surface area (Å²) in [6.45, 7) is 0. The Morgan fingerprint density at radius 3 is 2.44 bits per heavy atom. The average Bonchev–Trinajstić information content (AvgIpc) is 2.54. The van der Waals surface area contributed by atoms with Crippen molar-refractivity contribution in [2.75, 3.05) is 5.32 Å². The van der Waals surface area contributed by atoms with Gasteiger partial charge in [0.05, 0.1) is 10.5 Å². The van der Waals surface area contributed by atoms with E-state index in [1.54, 1.807) is 0 Å². The van der Waals surface area contributed by atoms with Crippen molar-refractivity contribution in [3.63, 3.8) is 0 Å². The number of hydrogen-bond acceptors (Lipinski definition) is 4. The van der Waals surface area contributed by atoms with Crippen LogP contribution < -0.4 is 10.9 Å². The molecule has 0 bridgehead atoms. The van der Waals surface area contributed by atoms with Gasteiger partial charge in [-0.3, -0.25) is 19.7 Å². The summed E-state index contributed by atoms with van der Waals surface area (Å²) < 4.78 is 37.8. The summed E-state index contributed by atoms with van der Waals surface area (Å²) in [5.74, 6) is -0.830. The number of nitrogens with one attached hydrogen (secondary N) is 2. The number of halogens is 3. The van der Waals surface area contributed by atoms with Crippen molar-refractivity contribution in [2.45, 2.75) is 6.18 Å². The van der Waals surface area contributed by atoms with Gasteiger partial charge in [0.25, 0.3) is 11.2 Å². The summed E-state index contributed by atoms with van der Waals surface area (Å²) in [6, 6.07) is 5.76. The summed E-state index contributed by atoms with van der Waals surface area (Å²) in [7, 11) is 0. The van der Waals surface area contributed by atoms with Gasteiger partial charge in [-0.15, -0.1) is 0 Å². The summed E-state index contributed by atoms with van der Waals surface area (Å²) in [5, 5.41) is 12.6. The molecule has 1 aromatic heterocycles. The van der Waals surface area contributed by atoms with E-state index in [4.69, 9.17) is 0 Å². The molecule has 0 unspecified atom stereocenters. The number of anilines is 1. The predicted molar refractivity (Wildman–Crippen MR) is 82.8 cm³/mol. The van der Waals surface area contributed by atoms with E-state index < -0.39 is 33.8 Å². The van der Waals surface area contributed by atoms with E-state index in [0.29, 0.717) is 17.8 Å². The van der Waals surface area contributed by atoms with Crippen molar-refractivity contribution < 1.29 is 22.9 Å². The van der Waals surface area contributed by atoms with Gasteiger partial charge in [0.1, 0.15) is 5.69 Å². The molecular weight excluding hydrogens is 343 g/mol. The van der Waals surface area contributed by atoms with E-state index in [-0.39, 0.29) is 5.69 Å². The first-order valence-electron chi connectivity index (χ1n) is 6.70. The third-order valence-electron chi connectivity index (χ3n) is 3.02. The van der Waals surface area contributed by atoms with Gasteiger partial charge >= 0.3 is 6.18 Å². The molecule has 0 saturated carbocycles. The molecule has 1 amide bonds. The zero-order chi connectivity index (χ0) is 18.6. The fourth-order valence-electron chi connectivity index (χ4n) is 1.79. The zero-order valence-corrected chi connectivity index (χ0v) is 12.3. The van der Waals surface area contributed by atoms with Gasteiger partial charge in [0.15, 0.2) is 0 Å². The number of nitro benzene ring substituents is 1. The lowest BCUT2D eigenvalue weighted by Gasteiger charge is -2.08. The summed E-state index contributed by atoms with van der Waals surface area (Å²) in [6.07, 6.45) is -1.88. The van der Waals surface area contributed by atoms with Crippen LogP contribution in [-0.4, -0.2) is 15.8 Å². The molecular formula is C15H10F3N3O4. The lowest BCUT2D eigenvalue weighted by atomic mass is 10.2. The minimum atomic E-state index is -4.67. The van der Waals surface area contributed by atoms with Gasteiger partial charge in [-0.25, -0.2) is 0 Å². The lowest BCUT2D eigenvalue weighted by Crippen LogP contribution is -2.20. The highest BCUT2D eigenvalue weighted by Crippen LogP contribution is 2.29. The maximum absolute atomic E-state index is 12.6. The van der Waals surface area contributed by atoms with Crippen LogP contribution in [0.5, 0.6) is 0 Å². The maximum Gasteiger partial charge on any atom is 0.417 e. The number of aromatic nitrogens is 1. The van der Waals surface area contributed by atoms with E-state index in [1.165, 1.54) is 30.3 Å². The number of nitro groups is 1. The van der Waals surface area contributed by atoms with Crippen LogP contribution in [0, 0.1) is 10.1 Å². The first kappa shape index (κ1) is 17.9. The van der Waals surface area contributed by atoms with Gasteiger partial charge < -0.3 is 10.3 Å². The van der Waals surface area contributed by atoms with Gasteiger partial charge in [-0.1, -0.05) is 0 Å². The second kappa shape index (κ2) is 6.99. The lowest BCUT2D eigenvalue weighted by molar-refractivity contribution is -0.384. The third kappa shape index (κ3) is 4.77. The van der Waals surface area contributed by atoms with Crippen molar-refractivity contribution in [1.29, 1.82) is 0 Å². The van der Waals surface area contributed by atoms with E-state index in [2.05, 4.69) is 0 Å². The molecule has 0 radical (unpaired) electrons. The largest absolute Gasteiger partial charge is 0.417 e. The molecule has 0 saturated heterocycles. The number of H-pyrrole nitrogens is 1. The topological polar surface area (TPSA) is 105 Å². The number of amides is 1. The number of carbonyl (C=O) groups is 1. The van der Waals surface area contributed by atoms with E-state index >= 15 is 0 Å². The van der Waals surface area contributed by atoms with Crippen molar-refractivity contribution >= 4 is 23.4 Å². The van der Waals surface area contributed by atoms with Crippen molar-refractivity contribution in [1.82, 2.24) is 4.98 Å². The molecule has 10 heteroatoms. The van der Waals surface area contributed by atoms with Crippen molar-refractivity contribution in [3.8, 4) is 0 Å². The molecule has 0 aliphatic carbocycles. The molecule has 0 aliphatic heterocycles. The Kier molecular flexibility index (Phi) is 5.01. The fourth-order valence-corrected chi connectivity index (χ4v) is 1.79. The first-order valence-corrected chi connectivity index (χ1v) is 6.70. The smallest absolute Gasteiger partial charge is 0.327 e. The minimum absolute atomic E-state index is 0.128. The molecule has 0 atom stereocenters. The Balaban J connectivity index is 2.12. The third-order valence-corrected chi connectivity index (χ3v) is 3.02. The molecule has 25 heavy (non-hydrogen) atoms. The Morgan fingerprint density at radius 1 is 1.24 bits per heavy atom. The Hall–Kier alpha value is -3.43. The van der Waals surface area contributed by atoms with E-state index in [9.17, 15) is 32.9 Å². The Bertz CT molecular complexity index is 886. The molecule has 0 spiro atoms. The van der Waals surface area contributed by atoms with Gasteiger partial charge in [-0.2, -0.15) is 13.2 Å². The van der Waals surface area contributed by atoms with Crippen LogP contribution in [0.1, 0.15) is 11.1 Å². The molecule has 1 heterocycles. The highest BCUT2D eigenvalue weighted by atomic mass is 19.4.